The third-order valence-electron chi connectivity index (χ3n) is 4.35. The highest BCUT2D eigenvalue weighted by atomic mass is 16.5. The van der Waals surface area contributed by atoms with Gasteiger partial charge in [0.15, 0.2) is 0 Å². The maximum Gasteiger partial charge on any atom is 0.222 e. The Bertz CT molecular complexity index is 656. The second kappa shape index (κ2) is 6.91. The van der Waals surface area contributed by atoms with E-state index in [0.717, 1.165) is 17.7 Å². The Hall–Kier alpha value is -2.21. The van der Waals surface area contributed by atoms with Crippen molar-refractivity contribution in [3.05, 3.63) is 47.8 Å². The molecule has 1 aromatic heterocycles. The van der Waals surface area contributed by atoms with Gasteiger partial charge in [-0.2, -0.15) is 0 Å². The van der Waals surface area contributed by atoms with Crippen molar-refractivity contribution in [3.8, 4) is 0 Å². The lowest BCUT2D eigenvalue weighted by Gasteiger charge is -2.32. The summed E-state index contributed by atoms with van der Waals surface area (Å²) in [7, 11) is 1.85. The van der Waals surface area contributed by atoms with Gasteiger partial charge in [0.25, 0.3) is 0 Å². The number of benzene rings is 1. The lowest BCUT2D eigenvalue weighted by molar-refractivity contribution is -0.135. The minimum Gasteiger partial charge on any atom is -0.365 e. The lowest BCUT2D eigenvalue weighted by atomic mass is 10.0. The van der Waals surface area contributed by atoms with Gasteiger partial charge in [0, 0.05) is 20.0 Å². The quantitative estimate of drug-likeness (QED) is 0.809. The molecule has 1 aliphatic rings. The number of hydrogen-bond donors (Lipinski definition) is 0. The van der Waals surface area contributed by atoms with Gasteiger partial charge in [0.2, 0.25) is 5.91 Å². The summed E-state index contributed by atoms with van der Waals surface area (Å²) in [5.74, 6) is 0.128. The van der Waals surface area contributed by atoms with Crippen molar-refractivity contribution in [2.45, 2.75) is 45.1 Å². The highest BCUT2D eigenvalue weighted by Gasteiger charge is 2.27. The van der Waals surface area contributed by atoms with Crippen LogP contribution in [0.3, 0.4) is 0 Å². The third-order valence-corrected chi connectivity index (χ3v) is 4.35. The molecule has 0 saturated heterocycles. The molecule has 0 fully saturated rings. The molecular formula is C17H22N4O2. The Balaban J connectivity index is 1.89. The van der Waals surface area contributed by atoms with Gasteiger partial charge in [0.05, 0.1) is 18.8 Å². The van der Waals surface area contributed by atoms with E-state index >= 15 is 0 Å². The summed E-state index contributed by atoms with van der Waals surface area (Å²) in [4.78, 5) is 14.2. The monoisotopic (exact) mass is 314 g/mol. The van der Waals surface area contributed by atoms with Gasteiger partial charge >= 0.3 is 0 Å². The van der Waals surface area contributed by atoms with Crippen LogP contribution in [-0.2, 0) is 22.7 Å². The number of rotatable bonds is 1. The fraction of sp³-hybridized carbons (Fsp3) is 0.471. The number of carbonyl (C=O) groups is 1. The Morgan fingerprint density at radius 1 is 1.26 bits per heavy atom. The average Bonchev–Trinajstić information content (AvgIpc) is 3.02. The van der Waals surface area contributed by atoms with Crippen LogP contribution in [-0.4, -0.2) is 38.9 Å². The number of carbonyl (C=O) groups excluding carboxylic acids is 1. The van der Waals surface area contributed by atoms with Gasteiger partial charge in [-0.3, -0.25) is 9.48 Å². The van der Waals surface area contributed by atoms with E-state index in [9.17, 15) is 4.79 Å². The molecule has 6 nitrogen and oxygen atoms in total. The van der Waals surface area contributed by atoms with Gasteiger partial charge in [-0.1, -0.05) is 35.5 Å². The number of aryl methyl sites for hydroxylation is 1. The number of ether oxygens (including phenoxy) is 1. The number of nitrogens with zero attached hydrogens (tertiary/aromatic N) is 4. The first-order valence-electron chi connectivity index (χ1n) is 7.96. The van der Waals surface area contributed by atoms with E-state index in [1.807, 2.05) is 50.5 Å². The van der Waals surface area contributed by atoms with Crippen molar-refractivity contribution in [1.29, 1.82) is 0 Å². The third kappa shape index (κ3) is 3.59. The molecule has 6 heteroatoms. The molecule has 0 unspecified atom stereocenters. The highest BCUT2D eigenvalue weighted by Crippen LogP contribution is 2.26. The van der Waals surface area contributed by atoms with Crippen molar-refractivity contribution in [2.75, 3.05) is 7.05 Å². The summed E-state index contributed by atoms with van der Waals surface area (Å²) >= 11 is 0. The second-order valence-electron chi connectivity index (χ2n) is 5.96. The SMILES string of the molecule is C[C@H]1[C@@H](c2ccccc2)OCc2cn(nn2)CCCC(=O)N1C. The van der Waals surface area contributed by atoms with E-state index in [1.54, 1.807) is 9.58 Å². The van der Waals surface area contributed by atoms with E-state index < -0.39 is 0 Å². The summed E-state index contributed by atoms with van der Waals surface area (Å²) < 4.78 is 7.89. The molecule has 0 radical (unpaired) electrons. The molecule has 23 heavy (non-hydrogen) atoms. The highest BCUT2D eigenvalue weighted by molar-refractivity contribution is 5.76. The molecule has 3 rings (SSSR count). The zero-order valence-electron chi connectivity index (χ0n) is 13.6. The number of hydrogen-bond acceptors (Lipinski definition) is 4. The van der Waals surface area contributed by atoms with Gasteiger partial charge in [-0.05, 0) is 18.9 Å². The number of aromatic nitrogens is 3. The predicted molar refractivity (Wildman–Crippen MR) is 85.5 cm³/mol. The number of amides is 1. The van der Waals surface area contributed by atoms with E-state index in [1.165, 1.54) is 0 Å². The van der Waals surface area contributed by atoms with Gasteiger partial charge in [0.1, 0.15) is 11.8 Å². The molecule has 0 spiro atoms. The van der Waals surface area contributed by atoms with E-state index in [2.05, 4.69) is 10.3 Å². The van der Waals surface area contributed by atoms with E-state index in [-0.39, 0.29) is 18.1 Å². The zero-order chi connectivity index (χ0) is 16.2. The first-order valence-corrected chi connectivity index (χ1v) is 7.96. The molecule has 0 saturated carbocycles. The van der Waals surface area contributed by atoms with Gasteiger partial charge in [-0.15, -0.1) is 5.10 Å². The van der Waals surface area contributed by atoms with Crippen LogP contribution in [0.1, 0.15) is 37.1 Å². The molecule has 122 valence electrons. The maximum atomic E-state index is 12.4. The molecule has 2 atom stereocenters. The van der Waals surface area contributed by atoms with Gasteiger partial charge in [-0.25, -0.2) is 0 Å². The van der Waals surface area contributed by atoms with E-state index in [0.29, 0.717) is 19.6 Å². The molecule has 1 amide bonds. The van der Waals surface area contributed by atoms with Crippen LogP contribution in [0.4, 0.5) is 0 Å². The summed E-state index contributed by atoms with van der Waals surface area (Å²) in [6.45, 7) is 3.10. The van der Waals surface area contributed by atoms with E-state index in [4.69, 9.17) is 4.74 Å². The Labute approximate surface area is 136 Å². The molecular weight excluding hydrogens is 292 g/mol. The molecule has 2 bridgehead atoms. The first-order chi connectivity index (χ1) is 11.1. The fourth-order valence-electron chi connectivity index (χ4n) is 2.84. The average molecular weight is 314 g/mol. The standard InChI is InChI=1S/C17H22N4O2/c1-13-17(14-7-4-3-5-8-14)23-12-15-11-21(19-18-15)10-6-9-16(22)20(13)2/h3-5,7-8,11,13,17H,6,9-10,12H2,1-2H3/t13-,17-/m0/s1. The molecule has 0 N–H and O–H groups in total. The van der Waals surface area contributed by atoms with Crippen molar-refractivity contribution < 1.29 is 9.53 Å². The first kappa shape index (κ1) is 15.7. The molecule has 1 aliphatic heterocycles. The second-order valence-corrected chi connectivity index (χ2v) is 5.96. The molecule has 2 aromatic rings. The number of likely N-dealkylation sites (N-methyl/N-ethyl adjacent to an activating group) is 1. The lowest BCUT2D eigenvalue weighted by Crippen LogP contribution is -2.40. The summed E-state index contributed by atoms with van der Waals surface area (Å²) in [5.41, 5.74) is 1.87. The largest absolute Gasteiger partial charge is 0.365 e. The minimum absolute atomic E-state index is 0.0561. The van der Waals surface area contributed by atoms with Crippen molar-refractivity contribution in [1.82, 2.24) is 19.9 Å². The van der Waals surface area contributed by atoms with Crippen LogP contribution in [0.5, 0.6) is 0 Å². The Morgan fingerprint density at radius 2 is 2.04 bits per heavy atom. The predicted octanol–water partition coefficient (Wildman–Crippen LogP) is 2.18. The summed E-state index contributed by atoms with van der Waals surface area (Å²) in [6, 6.07) is 9.95. The minimum atomic E-state index is -0.199. The van der Waals surface area contributed by atoms with Gasteiger partial charge < -0.3 is 9.64 Å². The van der Waals surface area contributed by atoms with Crippen LogP contribution in [0.15, 0.2) is 36.5 Å². The normalized spacial score (nSPS) is 23.2. The van der Waals surface area contributed by atoms with Crippen molar-refractivity contribution in [3.63, 3.8) is 0 Å². The van der Waals surface area contributed by atoms with Crippen LogP contribution in [0.2, 0.25) is 0 Å². The molecule has 1 aromatic carbocycles. The van der Waals surface area contributed by atoms with Crippen molar-refractivity contribution >= 4 is 5.91 Å². The summed E-state index contributed by atoms with van der Waals surface area (Å²) in [5, 5.41) is 8.23. The molecule has 0 aliphatic carbocycles. The number of fused-ring (bicyclic) bond motifs is 2. The topological polar surface area (TPSA) is 60.2 Å². The summed E-state index contributed by atoms with van der Waals surface area (Å²) in [6.07, 6.45) is 2.95. The van der Waals surface area contributed by atoms with Crippen LogP contribution in [0.25, 0.3) is 0 Å². The zero-order valence-corrected chi connectivity index (χ0v) is 13.6. The maximum absolute atomic E-state index is 12.4. The fourth-order valence-corrected chi connectivity index (χ4v) is 2.84. The smallest absolute Gasteiger partial charge is 0.222 e. The van der Waals surface area contributed by atoms with Crippen LogP contribution >= 0.6 is 0 Å². The molecule has 2 heterocycles. The Kier molecular flexibility index (Phi) is 4.71. The Morgan fingerprint density at radius 3 is 2.83 bits per heavy atom. The van der Waals surface area contributed by atoms with Crippen LogP contribution in [0, 0.1) is 0 Å². The van der Waals surface area contributed by atoms with Crippen LogP contribution < -0.4 is 0 Å². The van der Waals surface area contributed by atoms with Crippen molar-refractivity contribution in [2.24, 2.45) is 0 Å².